The average Bonchev–Trinajstić information content (AvgIpc) is 2.85. The molecule has 3 N–H and O–H groups in total. The molecule has 0 saturated carbocycles. The van der Waals surface area contributed by atoms with Gasteiger partial charge in [0.1, 0.15) is 4.88 Å². The Bertz CT molecular complexity index is 630. The molecular weight excluding hydrogens is 266 g/mol. The van der Waals surface area contributed by atoms with Crippen LogP contribution in [0.15, 0.2) is 28.7 Å². The number of carboxylic acid groups (broad SMARTS) is 1. The Hall–Kier alpha value is -1.87. The highest BCUT2D eigenvalue weighted by Gasteiger charge is 2.20. The maximum absolute atomic E-state index is 11.8. The molecule has 0 aliphatic heterocycles. The van der Waals surface area contributed by atoms with Gasteiger partial charge in [0.15, 0.2) is 5.03 Å². The molecule has 2 heterocycles. The number of hydrogen-bond acceptors (Lipinski definition) is 5. The molecule has 0 amide bonds. The lowest BCUT2D eigenvalue weighted by atomic mass is 10.4. The van der Waals surface area contributed by atoms with Crippen LogP contribution in [0.5, 0.6) is 0 Å². The number of nitrogens with zero attached hydrogens (tertiary/aromatic N) is 1. The normalized spacial score (nSPS) is 11.3. The number of H-pyrrole nitrogens is 1. The van der Waals surface area contributed by atoms with Crippen molar-refractivity contribution < 1.29 is 18.3 Å². The zero-order valence-electron chi connectivity index (χ0n) is 8.25. The number of anilines is 1. The summed E-state index contributed by atoms with van der Waals surface area (Å²) in [6.07, 6.45) is 1.29. The maximum atomic E-state index is 11.8. The molecule has 0 unspecified atom stereocenters. The Balaban J connectivity index is 2.33. The van der Waals surface area contributed by atoms with Crippen molar-refractivity contribution in [3.63, 3.8) is 0 Å². The van der Waals surface area contributed by atoms with Crippen molar-refractivity contribution in [1.82, 2.24) is 10.2 Å². The highest BCUT2D eigenvalue weighted by Crippen LogP contribution is 2.24. The van der Waals surface area contributed by atoms with E-state index in [1.54, 1.807) is 0 Å². The van der Waals surface area contributed by atoms with E-state index >= 15 is 0 Å². The SMILES string of the molecule is O=C(O)c1sccc1NS(=O)(=O)c1ccn[nH]1. The van der Waals surface area contributed by atoms with Gasteiger partial charge in [0.05, 0.1) is 11.9 Å². The van der Waals surface area contributed by atoms with E-state index in [1.807, 2.05) is 0 Å². The Morgan fingerprint density at radius 1 is 1.47 bits per heavy atom. The quantitative estimate of drug-likeness (QED) is 0.768. The first-order valence-electron chi connectivity index (χ1n) is 4.33. The summed E-state index contributed by atoms with van der Waals surface area (Å²) in [5, 5.41) is 16.0. The number of carbonyl (C=O) groups is 1. The van der Waals surface area contributed by atoms with Crippen molar-refractivity contribution in [3.8, 4) is 0 Å². The molecule has 9 heteroatoms. The van der Waals surface area contributed by atoms with Gasteiger partial charge in [-0.1, -0.05) is 0 Å². The number of aromatic nitrogens is 2. The molecule has 90 valence electrons. The van der Waals surface area contributed by atoms with E-state index in [-0.39, 0.29) is 15.6 Å². The van der Waals surface area contributed by atoms with Crippen molar-refractivity contribution in [2.75, 3.05) is 4.72 Å². The van der Waals surface area contributed by atoms with Gasteiger partial charge in [-0.3, -0.25) is 9.82 Å². The summed E-state index contributed by atoms with van der Waals surface area (Å²) in [6, 6.07) is 2.66. The fourth-order valence-corrected chi connectivity index (χ4v) is 2.88. The molecule has 0 fully saturated rings. The van der Waals surface area contributed by atoms with Crippen LogP contribution in [0.3, 0.4) is 0 Å². The Kier molecular flexibility index (Phi) is 2.86. The molecule has 0 aromatic carbocycles. The zero-order valence-corrected chi connectivity index (χ0v) is 9.88. The number of aromatic amines is 1. The number of nitrogens with one attached hydrogen (secondary N) is 2. The second-order valence-electron chi connectivity index (χ2n) is 2.99. The smallest absolute Gasteiger partial charge is 0.348 e. The number of sulfonamides is 1. The molecule has 0 bridgehead atoms. The van der Waals surface area contributed by atoms with Crippen LogP contribution in [-0.4, -0.2) is 29.7 Å². The molecule has 2 rings (SSSR count). The first-order valence-corrected chi connectivity index (χ1v) is 6.70. The van der Waals surface area contributed by atoms with Crippen molar-refractivity contribution in [2.24, 2.45) is 0 Å². The Morgan fingerprint density at radius 2 is 2.24 bits per heavy atom. The van der Waals surface area contributed by atoms with E-state index in [9.17, 15) is 13.2 Å². The molecule has 0 radical (unpaired) electrons. The zero-order chi connectivity index (χ0) is 12.5. The van der Waals surface area contributed by atoms with Crippen LogP contribution in [0, 0.1) is 0 Å². The third-order valence-corrected chi connectivity index (χ3v) is 4.07. The lowest BCUT2D eigenvalue weighted by Crippen LogP contribution is -2.14. The Labute approximate surface area is 100 Å². The third kappa shape index (κ3) is 2.29. The van der Waals surface area contributed by atoms with Crippen LogP contribution in [0.4, 0.5) is 5.69 Å². The molecule has 2 aromatic rings. The van der Waals surface area contributed by atoms with E-state index in [1.165, 1.54) is 23.7 Å². The van der Waals surface area contributed by atoms with Crippen molar-refractivity contribution >= 4 is 33.0 Å². The number of aromatic carboxylic acids is 1. The summed E-state index contributed by atoms with van der Waals surface area (Å²) >= 11 is 0.943. The summed E-state index contributed by atoms with van der Waals surface area (Å²) in [4.78, 5) is 10.7. The van der Waals surface area contributed by atoms with Gasteiger partial charge in [0.2, 0.25) is 0 Å². The van der Waals surface area contributed by atoms with Crippen LogP contribution < -0.4 is 4.72 Å². The van der Waals surface area contributed by atoms with Crippen molar-refractivity contribution in [3.05, 3.63) is 28.6 Å². The highest BCUT2D eigenvalue weighted by molar-refractivity contribution is 7.92. The lowest BCUT2D eigenvalue weighted by Gasteiger charge is -2.04. The van der Waals surface area contributed by atoms with E-state index in [0.29, 0.717) is 0 Å². The standard InChI is InChI=1S/C8H7N3O4S2/c12-8(13)7-5(2-4-16-7)11-17(14,15)6-1-3-9-10-6/h1-4,11H,(H,9,10)(H,12,13). The van der Waals surface area contributed by atoms with Crippen LogP contribution in [0.2, 0.25) is 0 Å². The van der Waals surface area contributed by atoms with Gasteiger partial charge in [-0.15, -0.1) is 11.3 Å². The fraction of sp³-hybridized carbons (Fsp3) is 0. The van der Waals surface area contributed by atoms with Crippen molar-refractivity contribution in [2.45, 2.75) is 5.03 Å². The van der Waals surface area contributed by atoms with Gasteiger partial charge in [0.25, 0.3) is 10.0 Å². The monoisotopic (exact) mass is 273 g/mol. The summed E-state index contributed by atoms with van der Waals surface area (Å²) in [7, 11) is -3.82. The Morgan fingerprint density at radius 3 is 2.82 bits per heavy atom. The molecule has 0 aliphatic rings. The van der Waals surface area contributed by atoms with Gasteiger partial charge >= 0.3 is 5.97 Å². The fourth-order valence-electron chi connectivity index (χ4n) is 1.15. The minimum absolute atomic E-state index is 0.0390. The van der Waals surface area contributed by atoms with Crippen LogP contribution >= 0.6 is 11.3 Å². The van der Waals surface area contributed by atoms with Crippen molar-refractivity contribution in [1.29, 1.82) is 0 Å². The van der Waals surface area contributed by atoms with Gasteiger partial charge < -0.3 is 5.11 Å². The van der Waals surface area contributed by atoms with E-state index in [2.05, 4.69) is 14.9 Å². The summed E-state index contributed by atoms with van der Waals surface area (Å²) in [6.45, 7) is 0. The molecule has 17 heavy (non-hydrogen) atoms. The van der Waals surface area contributed by atoms with E-state index in [4.69, 9.17) is 5.11 Å². The summed E-state index contributed by atoms with van der Waals surface area (Å²) in [5.74, 6) is -1.18. The van der Waals surface area contributed by atoms with Gasteiger partial charge in [-0.05, 0) is 17.5 Å². The molecule has 0 aliphatic carbocycles. The number of carboxylic acids is 1. The molecule has 2 aromatic heterocycles. The first kappa shape index (κ1) is 11.6. The minimum atomic E-state index is -3.82. The van der Waals surface area contributed by atoms with Gasteiger partial charge in [-0.25, -0.2) is 4.79 Å². The van der Waals surface area contributed by atoms with Gasteiger partial charge in [-0.2, -0.15) is 13.5 Å². The third-order valence-electron chi connectivity index (χ3n) is 1.87. The van der Waals surface area contributed by atoms with Crippen LogP contribution in [0.1, 0.15) is 9.67 Å². The molecule has 0 spiro atoms. The predicted octanol–water partition coefficient (Wildman–Crippen LogP) is 0.970. The average molecular weight is 273 g/mol. The van der Waals surface area contributed by atoms with Crippen LogP contribution in [-0.2, 0) is 10.0 Å². The van der Waals surface area contributed by atoms with E-state index < -0.39 is 16.0 Å². The molecule has 0 atom stereocenters. The largest absolute Gasteiger partial charge is 0.477 e. The number of rotatable bonds is 4. The highest BCUT2D eigenvalue weighted by atomic mass is 32.2. The molecule has 0 saturated heterocycles. The predicted molar refractivity (Wildman–Crippen MR) is 60.7 cm³/mol. The van der Waals surface area contributed by atoms with E-state index in [0.717, 1.165) is 11.3 Å². The number of thiophene rings is 1. The molecular formula is C8H7N3O4S2. The second-order valence-corrected chi connectivity index (χ2v) is 5.56. The minimum Gasteiger partial charge on any atom is -0.477 e. The lowest BCUT2D eigenvalue weighted by molar-refractivity contribution is 0.0703. The second kappa shape index (κ2) is 4.18. The summed E-state index contributed by atoms with van der Waals surface area (Å²) in [5.41, 5.74) is 0.0390. The molecule has 7 nitrogen and oxygen atoms in total. The first-order chi connectivity index (χ1) is 8.00. The van der Waals surface area contributed by atoms with Crippen LogP contribution in [0.25, 0.3) is 0 Å². The number of hydrogen-bond donors (Lipinski definition) is 3. The van der Waals surface area contributed by atoms with Gasteiger partial charge in [0, 0.05) is 0 Å². The maximum Gasteiger partial charge on any atom is 0.348 e. The topological polar surface area (TPSA) is 112 Å². The summed E-state index contributed by atoms with van der Waals surface area (Å²) < 4.78 is 25.7.